The van der Waals surface area contributed by atoms with Crippen LogP contribution in [-0.4, -0.2) is 32.5 Å². The van der Waals surface area contributed by atoms with Gasteiger partial charge in [0.2, 0.25) is 0 Å². The Bertz CT molecular complexity index is 465. The van der Waals surface area contributed by atoms with E-state index >= 15 is 0 Å². The summed E-state index contributed by atoms with van der Waals surface area (Å²) in [6.07, 6.45) is 7.97. The van der Waals surface area contributed by atoms with Crippen molar-refractivity contribution in [2.24, 2.45) is 0 Å². The molecule has 0 bridgehead atoms. The van der Waals surface area contributed by atoms with Gasteiger partial charge in [-0.25, -0.2) is 0 Å². The molecule has 1 N–H and O–H groups in total. The lowest BCUT2D eigenvalue weighted by Gasteiger charge is -2.17. The van der Waals surface area contributed by atoms with E-state index in [-0.39, 0.29) is 0 Å². The average Bonchev–Trinajstić information content (AvgIpc) is 3.22. The van der Waals surface area contributed by atoms with Crippen molar-refractivity contribution in [3.8, 4) is 11.5 Å². The summed E-state index contributed by atoms with van der Waals surface area (Å²) in [4.78, 5) is 0. The first kappa shape index (κ1) is 15.6. The van der Waals surface area contributed by atoms with Gasteiger partial charge in [0.15, 0.2) is 11.5 Å². The van der Waals surface area contributed by atoms with Crippen LogP contribution in [0.1, 0.15) is 44.1 Å². The fraction of sp³-hybridized carbons (Fsp3) is 0.667. The summed E-state index contributed by atoms with van der Waals surface area (Å²) in [6.45, 7) is 2.66. The summed E-state index contributed by atoms with van der Waals surface area (Å²) in [5.41, 5.74) is 1.22. The molecule has 122 valence electrons. The van der Waals surface area contributed by atoms with E-state index in [1.165, 1.54) is 31.2 Å². The van der Waals surface area contributed by atoms with E-state index in [4.69, 9.17) is 14.2 Å². The van der Waals surface area contributed by atoms with Gasteiger partial charge in [-0.3, -0.25) is 0 Å². The Labute approximate surface area is 133 Å². The molecule has 0 spiro atoms. The summed E-state index contributed by atoms with van der Waals surface area (Å²) in [5, 5.41) is 3.47. The van der Waals surface area contributed by atoms with E-state index in [1.807, 2.05) is 6.07 Å². The molecular weight excluding hydrogens is 278 g/mol. The molecule has 2 aliphatic rings. The Kier molecular flexibility index (Phi) is 5.57. The van der Waals surface area contributed by atoms with Gasteiger partial charge in [0.25, 0.3) is 0 Å². The second-order valence-electron chi connectivity index (χ2n) is 6.28. The lowest BCUT2D eigenvalue weighted by atomic mass is 10.2. The Hall–Kier alpha value is -1.26. The second-order valence-corrected chi connectivity index (χ2v) is 6.28. The van der Waals surface area contributed by atoms with Crippen LogP contribution in [0.25, 0.3) is 0 Å². The first-order chi connectivity index (χ1) is 10.8. The molecule has 1 saturated heterocycles. The third-order valence-corrected chi connectivity index (χ3v) is 4.55. The molecule has 4 nitrogen and oxygen atoms in total. The van der Waals surface area contributed by atoms with Crippen molar-refractivity contribution in [2.45, 2.75) is 57.3 Å². The first-order valence-corrected chi connectivity index (χ1v) is 8.51. The normalized spacial score (nSPS) is 22.1. The van der Waals surface area contributed by atoms with Gasteiger partial charge in [-0.1, -0.05) is 6.07 Å². The van der Waals surface area contributed by atoms with E-state index in [0.29, 0.717) is 12.2 Å². The highest BCUT2D eigenvalue weighted by molar-refractivity contribution is 5.43. The smallest absolute Gasteiger partial charge is 0.161 e. The Balaban J connectivity index is 1.53. The topological polar surface area (TPSA) is 39.7 Å². The van der Waals surface area contributed by atoms with Crippen LogP contribution >= 0.6 is 0 Å². The summed E-state index contributed by atoms with van der Waals surface area (Å²) in [7, 11) is 1.71. The molecule has 1 aromatic carbocycles. The largest absolute Gasteiger partial charge is 0.493 e. The van der Waals surface area contributed by atoms with E-state index in [1.54, 1.807) is 7.11 Å². The van der Waals surface area contributed by atoms with Crippen molar-refractivity contribution >= 4 is 0 Å². The molecular formula is C18H27NO3. The molecule has 0 aromatic heterocycles. The molecule has 2 fully saturated rings. The Morgan fingerprint density at radius 1 is 1.14 bits per heavy atom. The van der Waals surface area contributed by atoms with Crippen molar-refractivity contribution in [2.75, 3.05) is 20.3 Å². The minimum atomic E-state index is 0.359. The zero-order chi connectivity index (χ0) is 15.2. The van der Waals surface area contributed by atoms with Gasteiger partial charge < -0.3 is 19.5 Å². The summed E-state index contributed by atoms with van der Waals surface area (Å²) < 4.78 is 17.2. The number of nitrogens with one attached hydrogen (secondary N) is 1. The van der Waals surface area contributed by atoms with Crippen LogP contribution in [-0.2, 0) is 11.3 Å². The number of rotatable bonds is 7. The minimum absolute atomic E-state index is 0.359. The van der Waals surface area contributed by atoms with Crippen LogP contribution < -0.4 is 14.8 Å². The maximum absolute atomic E-state index is 6.07. The molecule has 3 rings (SSSR count). The van der Waals surface area contributed by atoms with Crippen molar-refractivity contribution in [3.05, 3.63) is 23.8 Å². The van der Waals surface area contributed by atoms with E-state index in [2.05, 4.69) is 17.4 Å². The molecule has 4 heteroatoms. The molecule has 1 heterocycles. The summed E-state index contributed by atoms with van der Waals surface area (Å²) >= 11 is 0. The molecule has 22 heavy (non-hydrogen) atoms. The first-order valence-electron chi connectivity index (χ1n) is 8.51. The van der Waals surface area contributed by atoms with Crippen LogP contribution in [0.4, 0.5) is 0 Å². The number of methoxy groups -OCH3 is 1. The molecule has 1 aliphatic heterocycles. The summed E-state index contributed by atoms with van der Waals surface area (Å²) in [6, 6.07) is 6.24. The predicted molar refractivity (Wildman–Crippen MR) is 86.6 cm³/mol. The second kappa shape index (κ2) is 7.84. The average molecular weight is 305 g/mol. The molecule has 1 atom stereocenters. The standard InChI is InChI=1S/C18H27NO3/c1-20-18-11-14(12-19-13-16-7-4-10-21-16)8-9-17(18)22-15-5-2-3-6-15/h8-9,11,15-16,19H,2-7,10,12-13H2,1H3/t16-/m1/s1. The van der Waals surface area contributed by atoms with Crippen LogP contribution in [0.5, 0.6) is 11.5 Å². The van der Waals surface area contributed by atoms with Gasteiger partial charge in [-0.05, 0) is 56.2 Å². The van der Waals surface area contributed by atoms with Crippen LogP contribution in [0.2, 0.25) is 0 Å². The van der Waals surface area contributed by atoms with Gasteiger partial charge in [0.1, 0.15) is 0 Å². The van der Waals surface area contributed by atoms with Crippen molar-refractivity contribution in [3.63, 3.8) is 0 Å². The van der Waals surface area contributed by atoms with Crippen molar-refractivity contribution < 1.29 is 14.2 Å². The van der Waals surface area contributed by atoms with E-state index in [0.717, 1.165) is 44.0 Å². The van der Waals surface area contributed by atoms with Gasteiger partial charge in [0, 0.05) is 19.7 Å². The van der Waals surface area contributed by atoms with E-state index in [9.17, 15) is 0 Å². The zero-order valence-electron chi connectivity index (χ0n) is 13.5. The quantitative estimate of drug-likeness (QED) is 0.839. The fourth-order valence-electron chi connectivity index (χ4n) is 3.29. The van der Waals surface area contributed by atoms with Gasteiger partial charge in [-0.15, -0.1) is 0 Å². The maximum Gasteiger partial charge on any atom is 0.161 e. The zero-order valence-corrected chi connectivity index (χ0v) is 13.5. The lowest BCUT2D eigenvalue weighted by Crippen LogP contribution is -2.25. The highest BCUT2D eigenvalue weighted by Gasteiger charge is 2.18. The van der Waals surface area contributed by atoms with E-state index < -0.39 is 0 Å². The molecule has 1 aromatic rings. The molecule has 0 unspecified atom stereocenters. The molecule has 1 saturated carbocycles. The van der Waals surface area contributed by atoms with Crippen LogP contribution in [0.15, 0.2) is 18.2 Å². The fourth-order valence-corrected chi connectivity index (χ4v) is 3.29. The Morgan fingerprint density at radius 3 is 2.73 bits per heavy atom. The molecule has 0 amide bonds. The SMILES string of the molecule is COc1cc(CNC[C@H]2CCCO2)ccc1OC1CCCC1. The third kappa shape index (κ3) is 4.14. The highest BCUT2D eigenvalue weighted by Crippen LogP contribution is 2.32. The summed E-state index contributed by atoms with van der Waals surface area (Å²) in [5.74, 6) is 1.71. The van der Waals surface area contributed by atoms with Crippen LogP contribution in [0, 0.1) is 0 Å². The monoisotopic (exact) mass is 305 g/mol. The maximum atomic E-state index is 6.07. The van der Waals surface area contributed by atoms with Gasteiger partial charge in [-0.2, -0.15) is 0 Å². The Morgan fingerprint density at radius 2 is 2.00 bits per heavy atom. The molecule has 1 aliphatic carbocycles. The predicted octanol–water partition coefficient (Wildman–Crippen LogP) is 3.29. The number of hydrogen-bond acceptors (Lipinski definition) is 4. The minimum Gasteiger partial charge on any atom is -0.493 e. The number of hydrogen-bond donors (Lipinski definition) is 1. The van der Waals surface area contributed by atoms with Crippen molar-refractivity contribution in [1.29, 1.82) is 0 Å². The van der Waals surface area contributed by atoms with Gasteiger partial charge in [0.05, 0.1) is 19.3 Å². The van der Waals surface area contributed by atoms with Crippen molar-refractivity contribution in [1.82, 2.24) is 5.32 Å². The molecule has 0 radical (unpaired) electrons. The number of benzene rings is 1. The number of ether oxygens (including phenoxy) is 3. The van der Waals surface area contributed by atoms with Crippen LogP contribution in [0.3, 0.4) is 0 Å². The highest BCUT2D eigenvalue weighted by atomic mass is 16.5. The third-order valence-electron chi connectivity index (χ3n) is 4.55. The van der Waals surface area contributed by atoms with Gasteiger partial charge >= 0.3 is 0 Å². The lowest BCUT2D eigenvalue weighted by molar-refractivity contribution is 0.110.